The summed E-state index contributed by atoms with van der Waals surface area (Å²) in [6, 6.07) is 0. The molecule has 0 spiro atoms. The fraction of sp³-hybridized carbons (Fsp3) is 0.850. The second kappa shape index (κ2) is 8.07. The average molecular weight is 360 g/mol. The minimum Gasteiger partial charge on any atom is -0.342 e. The molecule has 1 unspecified atom stereocenters. The van der Waals surface area contributed by atoms with Gasteiger partial charge in [0.05, 0.1) is 6.54 Å². The van der Waals surface area contributed by atoms with Crippen molar-refractivity contribution in [3.63, 3.8) is 0 Å². The highest BCUT2D eigenvalue weighted by molar-refractivity contribution is 5.76. The summed E-state index contributed by atoms with van der Waals surface area (Å²) in [5.41, 5.74) is 0. The van der Waals surface area contributed by atoms with Gasteiger partial charge in [0.15, 0.2) is 0 Å². The van der Waals surface area contributed by atoms with E-state index in [1.54, 1.807) is 0 Å². The summed E-state index contributed by atoms with van der Waals surface area (Å²) in [4.78, 5) is 17.1. The third-order valence-corrected chi connectivity index (χ3v) is 6.42. The lowest BCUT2D eigenvalue weighted by Crippen LogP contribution is -2.39. The number of nitrogens with zero attached hydrogens (tertiary/aromatic N) is 5. The van der Waals surface area contributed by atoms with E-state index < -0.39 is 0 Å². The van der Waals surface area contributed by atoms with E-state index in [0.29, 0.717) is 11.8 Å². The summed E-state index contributed by atoms with van der Waals surface area (Å²) in [5, 5.41) is 9.02. The number of piperidine rings is 2. The van der Waals surface area contributed by atoms with Crippen molar-refractivity contribution < 1.29 is 4.79 Å². The lowest BCUT2D eigenvalue weighted by atomic mass is 9.96. The molecule has 0 aromatic carbocycles. The number of hydrogen-bond donors (Lipinski definition) is 0. The summed E-state index contributed by atoms with van der Waals surface area (Å²) in [6.07, 6.45) is 10.6. The largest absolute Gasteiger partial charge is 0.342 e. The third-order valence-electron chi connectivity index (χ3n) is 6.42. The highest BCUT2D eigenvalue weighted by Gasteiger charge is 2.30. The van der Waals surface area contributed by atoms with Crippen LogP contribution in [-0.2, 0) is 18.4 Å². The van der Waals surface area contributed by atoms with Gasteiger partial charge < -0.3 is 9.47 Å². The smallest absolute Gasteiger partial charge is 0.222 e. The predicted molar refractivity (Wildman–Crippen MR) is 101 cm³/mol. The Kier molecular flexibility index (Phi) is 5.57. The Morgan fingerprint density at radius 3 is 2.62 bits per heavy atom. The Bertz CT molecular complexity index is 618. The Morgan fingerprint density at radius 2 is 1.85 bits per heavy atom. The van der Waals surface area contributed by atoms with E-state index in [4.69, 9.17) is 0 Å². The fourth-order valence-corrected chi connectivity index (χ4v) is 4.49. The number of rotatable bonds is 6. The molecule has 0 bridgehead atoms. The van der Waals surface area contributed by atoms with Crippen molar-refractivity contribution in [2.75, 3.05) is 26.2 Å². The van der Waals surface area contributed by atoms with Crippen LogP contribution in [0.4, 0.5) is 0 Å². The van der Waals surface area contributed by atoms with E-state index in [-0.39, 0.29) is 0 Å². The Morgan fingerprint density at radius 1 is 1.04 bits per heavy atom. The first-order valence-electron chi connectivity index (χ1n) is 10.6. The predicted octanol–water partition coefficient (Wildman–Crippen LogP) is 2.70. The molecule has 0 radical (unpaired) electrons. The van der Waals surface area contributed by atoms with Gasteiger partial charge >= 0.3 is 0 Å². The first-order valence-corrected chi connectivity index (χ1v) is 10.6. The zero-order chi connectivity index (χ0) is 17.9. The molecule has 1 aromatic rings. The molecule has 1 saturated carbocycles. The monoisotopic (exact) mass is 359 g/mol. The zero-order valence-corrected chi connectivity index (χ0v) is 16.2. The van der Waals surface area contributed by atoms with Crippen LogP contribution in [0.15, 0.2) is 0 Å². The lowest BCUT2D eigenvalue weighted by molar-refractivity contribution is -0.132. The van der Waals surface area contributed by atoms with E-state index in [9.17, 15) is 4.79 Å². The number of likely N-dealkylation sites (tertiary alicyclic amines) is 2. The minimum absolute atomic E-state index is 0.334. The quantitative estimate of drug-likeness (QED) is 0.784. The van der Waals surface area contributed by atoms with E-state index in [1.165, 1.54) is 45.2 Å². The van der Waals surface area contributed by atoms with Gasteiger partial charge in [-0.25, -0.2) is 0 Å². The highest BCUT2D eigenvalue weighted by atomic mass is 16.2. The highest BCUT2D eigenvalue weighted by Crippen LogP contribution is 2.34. The van der Waals surface area contributed by atoms with Crippen LogP contribution in [0.2, 0.25) is 0 Å². The van der Waals surface area contributed by atoms with Crippen LogP contribution in [0.1, 0.15) is 75.4 Å². The van der Waals surface area contributed by atoms with E-state index in [2.05, 4.69) is 31.6 Å². The maximum atomic E-state index is 12.5. The molecule has 3 aliphatic rings. The van der Waals surface area contributed by atoms with Gasteiger partial charge in [-0.05, 0) is 51.1 Å². The number of carbonyl (C=O) groups is 1. The van der Waals surface area contributed by atoms with Crippen LogP contribution in [-0.4, -0.2) is 56.7 Å². The van der Waals surface area contributed by atoms with Crippen molar-refractivity contribution in [2.24, 2.45) is 13.0 Å². The number of amides is 1. The molecule has 6 heteroatoms. The third kappa shape index (κ3) is 4.27. The van der Waals surface area contributed by atoms with Gasteiger partial charge in [-0.1, -0.05) is 19.3 Å². The van der Waals surface area contributed by atoms with Crippen LogP contribution in [0.5, 0.6) is 0 Å². The zero-order valence-electron chi connectivity index (χ0n) is 16.2. The van der Waals surface area contributed by atoms with Crippen molar-refractivity contribution >= 4 is 5.91 Å². The van der Waals surface area contributed by atoms with Crippen molar-refractivity contribution in [2.45, 2.75) is 70.3 Å². The first-order chi connectivity index (χ1) is 12.7. The van der Waals surface area contributed by atoms with Gasteiger partial charge in [0, 0.05) is 32.5 Å². The SMILES string of the molecule is Cn1c(CN2CCCCC2)nnc1C1CCCN(C(=O)CCC2CC2)C1. The maximum absolute atomic E-state index is 12.5. The van der Waals surface area contributed by atoms with Gasteiger partial charge in [-0.3, -0.25) is 9.69 Å². The summed E-state index contributed by atoms with van der Waals surface area (Å²) < 4.78 is 2.19. The Balaban J connectivity index is 1.36. The van der Waals surface area contributed by atoms with Gasteiger partial charge in [0.2, 0.25) is 5.91 Å². The molecule has 3 heterocycles. The topological polar surface area (TPSA) is 54.3 Å². The van der Waals surface area contributed by atoms with Gasteiger partial charge in [0.1, 0.15) is 11.6 Å². The van der Waals surface area contributed by atoms with Crippen LogP contribution >= 0.6 is 0 Å². The van der Waals surface area contributed by atoms with Crippen LogP contribution < -0.4 is 0 Å². The number of carbonyl (C=O) groups excluding carboxylic acids is 1. The second-order valence-electron chi connectivity index (χ2n) is 8.53. The molecule has 2 saturated heterocycles. The molecule has 4 rings (SSSR count). The van der Waals surface area contributed by atoms with Gasteiger partial charge in [0.25, 0.3) is 0 Å². The molecule has 6 nitrogen and oxygen atoms in total. The molecular formula is C20H33N5O. The summed E-state index contributed by atoms with van der Waals surface area (Å²) in [6.45, 7) is 4.99. The van der Waals surface area contributed by atoms with E-state index >= 15 is 0 Å². The molecule has 1 aliphatic carbocycles. The van der Waals surface area contributed by atoms with Crippen molar-refractivity contribution in [3.05, 3.63) is 11.6 Å². The summed E-state index contributed by atoms with van der Waals surface area (Å²) >= 11 is 0. The van der Waals surface area contributed by atoms with Gasteiger partial charge in [-0.2, -0.15) is 0 Å². The summed E-state index contributed by atoms with van der Waals surface area (Å²) in [5.74, 6) is 3.64. The first kappa shape index (κ1) is 18.0. The molecule has 3 fully saturated rings. The Labute approximate surface area is 156 Å². The maximum Gasteiger partial charge on any atom is 0.222 e. The normalized spacial score (nSPS) is 24.8. The molecule has 26 heavy (non-hydrogen) atoms. The molecule has 2 aliphatic heterocycles. The molecule has 144 valence electrons. The molecule has 1 aromatic heterocycles. The minimum atomic E-state index is 0.334. The average Bonchev–Trinajstić information content (AvgIpc) is 3.44. The second-order valence-corrected chi connectivity index (χ2v) is 8.53. The number of aromatic nitrogens is 3. The lowest BCUT2D eigenvalue weighted by Gasteiger charge is -2.32. The standard InChI is InChI=1S/C20H33N5O/c1-23-18(15-24-11-3-2-4-12-24)21-22-20(23)17-6-5-13-25(14-17)19(26)10-9-16-7-8-16/h16-17H,2-15H2,1H3. The van der Waals surface area contributed by atoms with Crippen LogP contribution in [0.3, 0.4) is 0 Å². The summed E-state index contributed by atoms with van der Waals surface area (Å²) in [7, 11) is 2.10. The van der Waals surface area contributed by atoms with Crippen LogP contribution in [0, 0.1) is 5.92 Å². The Hall–Kier alpha value is -1.43. The van der Waals surface area contributed by atoms with Crippen molar-refractivity contribution in [3.8, 4) is 0 Å². The molecule has 1 atom stereocenters. The number of hydrogen-bond acceptors (Lipinski definition) is 4. The van der Waals surface area contributed by atoms with E-state index in [0.717, 1.165) is 62.9 Å². The van der Waals surface area contributed by atoms with Crippen LogP contribution in [0.25, 0.3) is 0 Å². The van der Waals surface area contributed by atoms with Gasteiger partial charge in [-0.15, -0.1) is 10.2 Å². The van der Waals surface area contributed by atoms with Crippen molar-refractivity contribution in [1.29, 1.82) is 0 Å². The van der Waals surface area contributed by atoms with E-state index in [1.807, 2.05) is 0 Å². The fourth-order valence-electron chi connectivity index (χ4n) is 4.49. The molecular weight excluding hydrogens is 326 g/mol. The molecule has 0 N–H and O–H groups in total. The van der Waals surface area contributed by atoms with Crippen molar-refractivity contribution in [1.82, 2.24) is 24.6 Å². The molecule has 1 amide bonds.